The number of hydrogen-bond donors (Lipinski definition) is 0. The number of carbonyl (C=O) groups is 4. The van der Waals surface area contributed by atoms with E-state index in [9.17, 15) is 155 Å². The van der Waals surface area contributed by atoms with Gasteiger partial charge in [0.1, 0.15) is 10.0 Å². The predicted octanol–water partition coefficient (Wildman–Crippen LogP) is 10.9. The number of carbonyl (C=O) groups excluding carboxylic acids is 4. The first-order valence-corrected chi connectivity index (χ1v) is 24.6. The molecule has 8 aromatic rings. The van der Waals surface area contributed by atoms with Crippen molar-refractivity contribution in [3.63, 3.8) is 0 Å². The van der Waals surface area contributed by atoms with Crippen LogP contribution in [0.15, 0.2) is 157 Å². The number of hydrogen-bond acceptors (Lipinski definition) is 16. The number of aromatic nitrogens is 4. The Morgan fingerprint density at radius 3 is 0.787 bits per heavy atom. The van der Waals surface area contributed by atoms with Crippen LogP contribution in [0.1, 0.15) is 0 Å². The van der Waals surface area contributed by atoms with Crippen molar-refractivity contribution in [2.24, 2.45) is 0 Å². The van der Waals surface area contributed by atoms with Gasteiger partial charge in [-0.3, -0.25) is 19.2 Å². The maximum atomic E-state index is 11.9. The molecule has 0 saturated heterocycles. The van der Waals surface area contributed by atoms with Gasteiger partial charge in [-0.05, 0) is 94.5 Å². The molecule has 0 saturated carbocycles. The first kappa shape index (κ1) is 84.8. The van der Waals surface area contributed by atoms with Crippen LogP contribution >= 0.6 is 22.7 Å². The van der Waals surface area contributed by atoms with Crippen LogP contribution < -0.4 is 30.6 Å². The molecule has 0 aliphatic rings. The van der Waals surface area contributed by atoms with Crippen molar-refractivity contribution in [2.75, 3.05) is 0 Å². The number of ketones is 4. The van der Waals surface area contributed by atoms with Crippen molar-refractivity contribution in [3.8, 4) is 32.9 Å². The fourth-order valence-electron chi connectivity index (χ4n) is 5.57. The number of benzene rings is 4. The SMILES string of the molecule is O=C(/C=C(\[O-])C(F)(F)F)C(F)(F)F.O=C(/C=C(\[O-])C(F)(F)F)C(F)(F)F.O=C(/C=C(\[O-])C(F)(F)F)C(F)(F)F.O=C(/C=C(\[O-])C(F)(F)F)C(F)(F)F.[Dy+3].[Dy+3].[O-]c1cccc2ccc(-c3nc4ccccc4s3)nc12.[O-]c1cccc2ccc(-c3nc4ccccc4s3)nc12. The monoisotopic (exact) mass is 1710 g/mol. The van der Waals surface area contributed by atoms with E-state index in [-0.39, 0.29) is 87.8 Å². The standard InChI is InChI=1S/2C16H10N2OS.4C5H2F6O2.2Dy/c2*19-13-6-3-4-10-8-9-12(17-15(10)13)16-18-11-5-1-2-7-14(11)20-16;4*6-4(7,8)2(12)1-3(13)5(9,10)11;;/h2*1-9,19H;4*1,12H;;/q;;;;;;2*+3/p-6/b;;4*2-1-;;. The van der Waals surface area contributed by atoms with Crippen LogP contribution in [0.2, 0.25) is 0 Å². The summed E-state index contributed by atoms with van der Waals surface area (Å²) in [5, 5.41) is 66.4. The molecule has 510 valence electrons. The van der Waals surface area contributed by atoms with Crippen LogP contribution in [0.3, 0.4) is 0 Å². The van der Waals surface area contributed by atoms with Gasteiger partial charge >= 0.3 is 126 Å². The second-order valence-electron chi connectivity index (χ2n) is 16.5. The van der Waals surface area contributed by atoms with E-state index in [1.165, 1.54) is 12.1 Å². The zero-order valence-electron chi connectivity index (χ0n) is 44.1. The fraction of sp³-hybridized carbons (Fsp3) is 0.154. The van der Waals surface area contributed by atoms with E-state index >= 15 is 0 Å². The number of alkyl halides is 24. The van der Waals surface area contributed by atoms with Gasteiger partial charge in [0.05, 0.1) is 42.9 Å². The van der Waals surface area contributed by atoms with Crippen LogP contribution in [-0.4, -0.2) is 92.5 Å². The molecule has 14 nitrogen and oxygen atoms in total. The molecule has 0 N–H and O–H groups in total. The van der Waals surface area contributed by atoms with Crippen molar-refractivity contribution >= 4 is 88.0 Å². The summed E-state index contributed by atoms with van der Waals surface area (Å²) in [7, 11) is 0. The third-order valence-electron chi connectivity index (χ3n) is 9.68. The molecule has 4 aromatic carbocycles. The maximum Gasteiger partial charge on any atom is 3.00 e. The third kappa shape index (κ3) is 26.9. The summed E-state index contributed by atoms with van der Waals surface area (Å²) >= 11 is 3.18. The zero-order chi connectivity index (χ0) is 70.5. The summed E-state index contributed by atoms with van der Waals surface area (Å²) in [6.07, 6.45) is -47.8. The van der Waals surface area contributed by atoms with Gasteiger partial charge < -0.3 is 30.6 Å². The van der Waals surface area contributed by atoms with Gasteiger partial charge in [0.2, 0.25) is 0 Å². The first-order valence-electron chi connectivity index (χ1n) is 23.0. The van der Waals surface area contributed by atoms with Gasteiger partial charge in [0.15, 0.2) is 0 Å². The number of para-hydroxylation sites is 4. The third-order valence-corrected chi connectivity index (χ3v) is 11.8. The summed E-state index contributed by atoms with van der Waals surface area (Å²) < 4.78 is 273. The van der Waals surface area contributed by atoms with Gasteiger partial charge in [-0.2, -0.15) is 105 Å². The number of thiazole rings is 2. The average Bonchev–Trinajstić information content (AvgIpc) is 1.56. The minimum Gasteiger partial charge on any atom is -0.871 e. The molecule has 0 amide bonds. The van der Waals surface area contributed by atoms with Crippen molar-refractivity contribution in [2.45, 2.75) is 49.4 Å². The molecule has 94 heavy (non-hydrogen) atoms. The Balaban J connectivity index is 0.000000571. The number of allylic oxidation sites excluding steroid dienone is 8. The quantitative estimate of drug-likeness (QED) is 0.0852. The topological polar surface area (TPSA) is 258 Å². The van der Waals surface area contributed by atoms with E-state index in [1.807, 2.05) is 84.9 Å². The zero-order valence-corrected chi connectivity index (χ0v) is 49.8. The molecule has 0 aliphatic heterocycles. The molecule has 4 aromatic heterocycles. The van der Waals surface area contributed by atoms with E-state index in [2.05, 4.69) is 19.9 Å². The van der Waals surface area contributed by atoms with Gasteiger partial charge in [-0.1, -0.05) is 84.3 Å². The Morgan fingerprint density at radius 2 is 0.564 bits per heavy atom. The summed E-state index contributed by atoms with van der Waals surface area (Å²) in [6.45, 7) is 0. The number of halogens is 24. The predicted molar refractivity (Wildman–Crippen MR) is 260 cm³/mol. The maximum absolute atomic E-state index is 11.9. The average molecular weight is 1710 g/mol. The Kier molecular flexibility index (Phi) is 30.6. The van der Waals surface area contributed by atoms with Crippen LogP contribution in [0, 0.1) is 76.3 Å². The van der Waals surface area contributed by atoms with E-state index < -0.39 is 120 Å². The van der Waals surface area contributed by atoms with Crippen molar-refractivity contribution < 1.29 is 232 Å². The fourth-order valence-corrected chi connectivity index (χ4v) is 7.44. The molecule has 8 rings (SSSR count). The second kappa shape index (κ2) is 33.9. The minimum absolute atomic E-state index is 0. The number of fused-ring (bicyclic) bond motifs is 4. The van der Waals surface area contributed by atoms with Gasteiger partial charge in [0, 0.05) is 0 Å². The molecule has 0 fully saturated rings. The van der Waals surface area contributed by atoms with Crippen LogP contribution in [0.4, 0.5) is 105 Å². The van der Waals surface area contributed by atoms with Crippen LogP contribution in [0.25, 0.3) is 63.6 Å². The smallest absolute Gasteiger partial charge is 0.871 e. The van der Waals surface area contributed by atoms with Gasteiger partial charge in [-0.25, -0.2) is 19.9 Å². The second-order valence-corrected chi connectivity index (χ2v) is 18.6. The summed E-state index contributed by atoms with van der Waals surface area (Å²) in [5.41, 5.74) is 4.44. The molecule has 0 aliphatic carbocycles. The number of pyridine rings is 2. The van der Waals surface area contributed by atoms with Crippen molar-refractivity contribution in [1.82, 2.24) is 19.9 Å². The Morgan fingerprint density at radius 1 is 0.319 bits per heavy atom. The summed E-state index contributed by atoms with van der Waals surface area (Å²) in [4.78, 5) is 57.4. The summed E-state index contributed by atoms with van der Waals surface area (Å²) in [5.74, 6) is -22.7. The van der Waals surface area contributed by atoms with E-state index in [1.54, 1.807) is 34.8 Å². The van der Waals surface area contributed by atoms with E-state index in [0.717, 1.165) is 52.6 Å². The Bertz CT molecular complexity index is 3650. The number of rotatable bonds is 6. The Hall–Kier alpha value is -7.21. The molecule has 42 heteroatoms. The molecule has 0 atom stereocenters. The molecule has 0 unspecified atom stereocenters. The van der Waals surface area contributed by atoms with Crippen molar-refractivity contribution in [3.05, 3.63) is 157 Å². The first-order chi connectivity index (χ1) is 41.8. The van der Waals surface area contributed by atoms with E-state index in [4.69, 9.17) is 0 Å². The van der Waals surface area contributed by atoms with E-state index in [0.29, 0.717) is 11.0 Å². The van der Waals surface area contributed by atoms with Crippen LogP contribution in [0.5, 0.6) is 11.5 Å². The van der Waals surface area contributed by atoms with Crippen molar-refractivity contribution in [1.29, 1.82) is 0 Å². The molecular formula is C52H22Dy2F24N4O10S2. The summed E-state index contributed by atoms with van der Waals surface area (Å²) in [6, 6.07) is 34.0. The van der Waals surface area contributed by atoms with Crippen LogP contribution in [-0.2, 0) is 19.2 Å². The van der Waals surface area contributed by atoms with Gasteiger partial charge in [-0.15, -0.1) is 22.7 Å². The largest absolute Gasteiger partial charge is 3.00 e. The molecule has 4 heterocycles. The Labute approximate surface area is 573 Å². The minimum atomic E-state index is -5.46. The molecule has 0 bridgehead atoms. The normalized spacial score (nSPS) is 12.8. The molecule has 2 radical (unpaired) electrons. The molecule has 0 spiro atoms. The van der Waals surface area contributed by atoms with Gasteiger partial charge in [0.25, 0.3) is 23.1 Å². The molecular weight excluding hydrogens is 1690 g/mol. The number of nitrogens with zero attached hydrogens (tertiary/aromatic N) is 4.